The third kappa shape index (κ3) is 5.57. The number of aromatic hydroxyl groups is 1. The van der Waals surface area contributed by atoms with Gasteiger partial charge < -0.3 is 15.5 Å². The van der Waals surface area contributed by atoms with Crippen LogP contribution >= 0.6 is 0 Å². The van der Waals surface area contributed by atoms with Crippen LogP contribution in [0, 0.1) is 5.92 Å². The van der Waals surface area contributed by atoms with Crippen LogP contribution in [-0.2, 0) is 4.79 Å². The Balaban J connectivity index is 2.56. The molecule has 19 heavy (non-hydrogen) atoms. The van der Waals surface area contributed by atoms with Crippen molar-refractivity contribution in [3.05, 3.63) is 35.9 Å². The van der Waals surface area contributed by atoms with Crippen molar-refractivity contribution in [1.82, 2.24) is 5.32 Å². The Kier molecular flexibility index (Phi) is 6.09. The fraction of sp³-hybridized carbons (Fsp3) is 0.400. The largest absolute Gasteiger partial charge is 0.508 e. The van der Waals surface area contributed by atoms with Gasteiger partial charge in [-0.3, -0.25) is 4.79 Å². The second-order valence-corrected chi connectivity index (χ2v) is 4.80. The van der Waals surface area contributed by atoms with Crippen LogP contribution in [0.4, 0.5) is 0 Å². The second-order valence-electron chi connectivity index (χ2n) is 4.80. The molecule has 1 atom stereocenters. The van der Waals surface area contributed by atoms with Gasteiger partial charge in [-0.25, -0.2) is 0 Å². The SMILES string of the molecule is CC(C)C(CCO)NC(=O)/C=C/c1ccc(O)cc1. The molecular formula is C15H21NO3. The fourth-order valence-electron chi connectivity index (χ4n) is 1.70. The third-order valence-electron chi connectivity index (χ3n) is 2.89. The lowest BCUT2D eigenvalue weighted by Gasteiger charge is -2.20. The number of hydrogen-bond acceptors (Lipinski definition) is 3. The first-order chi connectivity index (χ1) is 9.02. The molecular weight excluding hydrogens is 242 g/mol. The zero-order valence-corrected chi connectivity index (χ0v) is 11.3. The van der Waals surface area contributed by atoms with E-state index in [-0.39, 0.29) is 30.2 Å². The summed E-state index contributed by atoms with van der Waals surface area (Å²) in [5, 5.41) is 20.9. The maximum Gasteiger partial charge on any atom is 0.244 e. The molecule has 0 heterocycles. The van der Waals surface area contributed by atoms with E-state index in [0.717, 1.165) is 5.56 Å². The van der Waals surface area contributed by atoms with E-state index < -0.39 is 0 Å². The normalized spacial score (nSPS) is 12.8. The molecule has 1 aromatic rings. The Hall–Kier alpha value is -1.81. The van der Waals surface area contributed by atoms with Crippen LogP contribution in [0.1, 0.15) is 25.8 Å². The molecule has 0 spiro atoms. The highest BCUT2D eigenvalue weighted by Crippen LogP contribution is 2.11. The van der Waals surface area contributed by atoms with Crippen LogP contribution in [0.3, 0.4) is 0 Å². The minimum absolute atomic E-state index is 0.0260. The van der Waals surface area contributed by atoms with Crippen molar-refractivity contribution in [3.8, 4) is 5.75 Å². The van der Waals surface area contributed by atoms with Gasteiger partial charge in [0.25, 0.3) is 0 Å². The highest BCUT2D eigenvalue weighted by atomic mass is 16.3. The second kappa shape index (κ2) is 7.59. The summed E-state index contributed by atoms with van der Waals surface area (Å²) in [6, 6.07) is 6.57. The number of rotatable bonds is 6. The lowest BCUT2D eigenvalue weighted by molar-refractivity contribution is -0.117. The molecule has 4 heteroatoms. The summed E-state index contributed by atoms with van der Waals surface area (Å²) in [5.41, 5.74) is 0.844. The van der Waals surface area contributed by atoms with Crippen molar-refractivity contribution in [2.75, 3.05) is 6.61 Å². The smallest absolute Gasteiger partial charge is 0.244 e. The Labute approximate surface area is 113 Å². The van der Waals surface area contributed by atoms with Crippen molar-refractivity contribution in [2.24, 2.45) is 5.92 Å². The van der Waals surface area contributed by atoms with Gasteiger partial charge >= 0.3 is 0 Å². The number of carbonyl (C=O) groups is 1. The predicted molar refractivity (Wildman–Crippen MR) is 75.6 cm³/mol. The van der Waals surface area contributed by atoms with E-state index in [9.17, 15) is 4.79 Å². The van der Waals surface area contributed by atoms with Crippen molar-refractivity contribution < 1.29 is 15.0 Å². The maximum atomic E-state index is 11.7. The molecule has 0 bridgehead atoms. The molecule has 0 radical (unpaired) electrons. The highest BCUT2D eigenvalue weighted by molar-refractivity contribution is 5.91. The molecule has 1 aromatic carbocycles. The van der Waals surface area contributed by atoms with Crippen LogP contribution in [0.5, 0.6) is 5.75 Å². The van der Waals surface area contributed by atoms with Crippen molar-refractivity contribution in [1.29, 1.82) is 0 Å². The number of carbonyl (C=O) groups excluding carboxylic acids is 1. The topological polar surface area (TPSA) is 69.6 Å². The first kappa shape index (κ1) is 15.2. The van der Waals surface area contributed by atoms with E-state index in [0.29, 0.717) is 6.42 Å². The summed E-state index contributed by atoms with van der Waals surface area (Å²) in [4.78, 5) is 11.7. The predicted octanol–water partition coefficient (Wildman–Crippen LogP) is 1.93. The quantitative estimate of drug-likeness (QED) is 0.687. The van der Waals surface area contributed by atoms with E-state index in [1.807, 2.05) is 13.8 Å². The molecule has 0 saturated carbocycles. The molecule has 4 nitrogen and oxygen atoms in total. The summed E-state index contributed by atoms with van der Waals surface area (Å²) < 4.78 is 0. The third-order valence-corrected chi connectivity index (χ3v) is 2.89. The number of phenols is 1. The van der Waals surface area contributed by atoms with E-state index in [1.54, 1.807) is 30.3 Å². The molecule has 1 unspecified atom stereocenters. The van der Waals surface area contributed by atoms with Gasteiger partial charge in [0.15, 0.2) is 0 Å². The molecule has 0 saturated heterocycles. The fourth-order valence-corrected chi connectivity index (χ4v) is 1.70. The zero-order chi connectivity index (χ0) is 14.3. The van der Waals surface area contributed by atoms with Crippen LogP contribution < -0.4 is 5.32 Å². The Morgan fingerprint density at radius 1 is 1.32 bits per heavy atom. The Morgan fingerprint density at radius 3 is 2.47 bits per heavy atom. The average molecular weight is 263 g/mol. The van der Waals surface area contributed by atoms with E-state index in [1.165, 1.54) is 6.08 Å². The van der Waals surface area contributed by atoms with Gasteiger partial charge in [0.2, 0.25) is 5.91 Å². The average Bonchev–Trinajstić information content (AvgIpc) is 2.37. The van der Waals surface area contributed by atoms with Gasteiger partial charge in [-0.1, -0.05) is 26.0 Å². The van der Waals surface area contributed by atoms with Gasteiger partial charge in [0, 0.05) is 18.7 Å². The van der Waals surface area contributed by atoms with Gasteiger partial charge in [0.1, 0.15) is 5.75 Å². The monoisotopic (exact) mass is 263 g/mol. The molecule has 3 N–H and O–H groups in total. The number of phenolic OH excluding ortho intramolecular Hbond substituents is 1. The lowest BCUT2D eigenvalue weighted by atomic mass is 10.0. The van der Waals surface area contributed by atoms with Crippen LogP contribution in [0.15, 0.2) is 30.3 Å². The van der Waals surface area contributed by atoms with Crippen LogP contribution in [-0.4, -0.2) is 28.8 Å². The molecule has 0 aromatic heterocycles. The van der Waals surface area contributed by atoms with Gasteiger partial charge in [-0.15, -0.1) is 0 Å². The minimum atomic E-state index is -0.180. The van der Waals surface area contributed by atoms with E-state index >= 15 is 0 Å². The number of amides is 1. The number of aliphatic hydroxyl groups excluding tert-OH is 1. The van der Waals surface area contributed by atoms with Crippen LogP contribution in [0.25, 0.3) is 6.08 Å². The Morgan fingerprint density at radius 2 is 1.95 bits per heavy atom. The summed E-state index contributed by atoms with van der Waals surface area (Å²) in [6.45, 7) is 4.07. The lowest BCUT2D eigenvalue weighted by Crippen LogP contribution is -2.38. The van der Waals surface area contributed by atoms with Crippen LogP contribution in [0.2, 0.25) is 0 Å². The molecule has 0 aliphatic carbocycles. The van der Waals surface area contributed by atoms with Gasteiger partial charge in [-0.05, 0) is 36.1 Å². The molecule has 0 fully saturated rings. The molecule has 1 rings (SSSR count). The van der Waals surface area contributed by atoms with Gasteiger partial charge in [-0.2, -0.15) is 0 Å². The Bertz CT molecular complexity index is 424. The standard InChI is InChI=1S/C15H21NO3/c1-11(2)14(9-10-17)16-15(19)8-5-12-3-6-13(18)7-4-12/h3-8,11,14,17-18H,9-10H2,1-2H3,(H,16,19)/b8-5+. The highest BCUT2D eigenvalue weighted by Gasteiger charge is 2.13. The summed E-state index contributed by atoms with van der Waals surface area (Å²) in [7, 11) is 0. The number of nitrogens with one attached hydrogen (secondary N) is 1. The summed E-state index contributed by atoms with van der Waals surface area (Å²) in [6.07, 6.45) is 3.70. The molecule has 104 valence electrons. The molecule has 0 aliphatic heterocycles. The van der Waals surface area contributed by atoms with Gasteiger partial charge in [0.05, 0.1) is 0 Å². The number of benzene rings is 1. The number of hydrogen-bond donors (Lipinski definition) is 3. The van der Waals surface area contributed by atoms with Crippen molar-refractivity contribution in [3.63, 3.8) is 0 Å². The van der Waals surface area contributed by atoms with Crippen molar-refractivity contribution in [2.45, 2.75) is 26.3 Å². The van der Waals surface area contributed by atoms with Crippen molar-refractivity contribution >= 4 is 12.0 Å². The molecule has 1 amide bonds. The van der Waals surface area contributed by atoms with E-state index in [2.05, 4.69) is 5.32 Å². The summed E-state index contributed by atoms with van der Waals surface area (Å²) >= 11 is 0. The summed E-state index contributed by atoms with van der Waals surface area (Å²) in [5.74, 6) is 0.294. The zero-order valence-electron chi connectivity index (χ0n) is 11.3. The van der Waals surface area contributed by atoms with E-state index in [4.69, 9.17) is 10.2 Å². The number of aliphatic hydroxyl groups is 1. The minimum Gasteiger partial charge on any atom is -0.508 e. The first-order valence-electron chi connectivity index (χ1n) is 6.41. The molecule has 0 aliphatic rings. The first-order valence-corrected chi connectivity index (χ1v) is 6.41. The maximum absolute atomic E-state index is 11.7.